The molecule has 2 rings (SSSR count). The van der Waals surface area contributed by atoms with Gasteiger partial charge in [-0.3, -0.25) is 4.79 Å². The number of rotatable bonds is 6. The van der Waals surface area contributed by atoms with E-state index >= 15 is 0 Å². The van der Waals surface area contributed by atoms with Crippen LogP contribution in [0.5, 0.6) is 0 Å². The zero-order valence-electron chi connectivity index (χ0n) is 12.6. The molecular formula is C15H29N3O. The number of carbonyl (C=O) groups excluding carboxylic acids is 1. The molecule has 0 aromatic carbocycles. The van der Waals surface area contributed by atoms with E-state index in [2.05, 4.69) is 36.3 Å². The minimum atomic E-state index is 0.0617. The van der Waals surface area contributed by atoms with Crippen molar-refractivity contribution in [2.24, 2.45) is 11.8 Å². The van der Waals surface area contributed by atoms with Gasteiger partial charge in [0.1, 0.15) is 0 Å². The Morgan fingerprint density at radius 3 is 2.79 bits per heavy atom. The summed E-state index contributed by atoms with van der Waals surface area (Å²) >= 11 is 0. The summed E-state index contributed by atoms with van der Waals surface area (Å²) in [6.07, 6.45) is 3.83. The topological polar surface area (TPSA) is 44.4 Å². The minimum absolute atomic E-state index is 0.0617. The van der Waals surface area contributed by atoms with Gasteiger partial charge in [0, 0.05) is 12.6 Å². The van der Waals surface area contributed by atoms with Gasteiger partial charge in [-0.05, 0) is 51.2 Å². The lowest BCUT2D eigenvalue weighted by Gasteiger charge is -2.25. The lowest BCUT2D eigenvalue weighted by Crippen LogP contribution is -2.49. The van der Waals surface area contributed by atoms with Crippen molar-refractivity contribution in [3.63, 3.8) is 0 Å². The fourth-order valence-electron chi connectivity index (χ4n) is 3.72. The van der Waals surface area contributed by atoms with Crippen LogP contribution in [0.15, 0.2) is 0 Å². The van der Waals surface area contributed by atoms with E-state index in [9.17, 15) is 4.79 Å². The highest BCUT2D eigenvalue weighted by Crippen LogP contribution is 2.37. The Labute approximate surface area is 117 Å². The van der Waals surface area contributed by atoms with Crippen molar-refractivity contribution in [3.05, 3.63) is 0 Å². The first kappa shape index (κ1) is 14.8. The molecular weight excluding hydrogens is 238 g/mol. The molecule has 0 aromatic heterocycles. The Balaban J connectivity index is 1.80. The molecule has 0 bridgehead atoms. The van der Waals surface area contributed by atoms with Crippen molar-refractivity contribution in [3.8, 4) is 0 Å². The molecule has 1 amide bonds. The van der Waals surface area contributed by atoms with Gasteiger partial charge < -0.3 is 15.5 Å². The SMILES string of the molecule is CCN(CC)CC(C)NC(=O)C1NCC2CCCC21. The maximum atomic E-state index is 12.4. The van der Waals surface area contributed by atoms with Gasteiger partial charge in [-0.1, -0.05) is 20.3 Å². The van der Waals surface area contributed by atoms with E-state index in [1.54, 1.807) is 0 Å². The minimum Gasteiger partial charge on any atom is -0.351 e. The first-order chi connectivity index (χ1) is 9.15. The molecule has 1 saturated heterocycles. The maximum Gasteiger partial charge on any atom is 0.237 e. The molecule has 4 unspecified atom stereocenters. The molecule has 1 saturated carbocycles. The summed E-state index contributed by atoms with van der Waals surface area (Å²) in [4.78, 5) is 14.7. The highest BCUT2D eigenvalue weighted by Gasteiger charge is 2.42. The van der Waals surface area contributed by atoms with Crippen LogP contribution < -0.4 is 10.6 Å². The monoisotopic (exact) mass is 267 g/mol. The van der Waals surface area contributed by atoms with Crippen LogP contribution in [0, 0.1) is 11.8 Å². The zero-order chi connectivity index (χ0) is 13.8. The number of amides is 1. The van der Waals surface area contributed by atoms with Crippen molar-refractivity contribution in [1.29, 1.82) is 0 Å². The Hall–Kier alpha value is -0.610. The Morgan fingerprint density at radius 1 is 1.37 bits per heavy atom. The second-order valence-corrected chi connectivity index (χ2v) is 6.14. The molecule has 0 radical (unpaired) electrons. The third-order valence-electron chi connectivity index (χ3n) is 4.84. The predicted octanol–water partition coefficient (Wildman–Crippen LogP) is 1.22. The van der Waals surface area contributed by atoms with Gasteiger partial charge in [-0.25, -0.2) is 0 Å². The first-order valence-electron chi connectivity index (χ1n) is 7.91. The largest absolute Gasteiger partial charge is 0.351 e. The van der Waals surface area contributed by atoms with Gasteiger partial charge in [-0.15, -0.1) is 0 Å². The van der Waals surface area contributed by atoms with E-state index in [0.29, 0.717) is 5.92 Å². The lowest BCUT2D eigenvalue weighted by molar-refractivity contribution is -0.124. The van der Waals surface area contributed by atoms with E-state index in [-0.39, 0.29) is 18.0 Å². The molecule has 2 N–H and O–H groups in total. The van der Waals surface area contributed by atoms with Crippen LogP contribution in [0.4, 0.5) is 0 Å². The van der Waals surface area contributed by atoms with Crippen molar-refractivity contribution >= 4 is 5.91 Å². The smallest absolute Gasteiger partial charge is 0.237 e. The molecule has 19 heavy (non-hydrogen) atoms. The van der Waals surface area contributed by atoms with Gasteiger partial charge in [0.25, 0.3) is 0 Å². The first-order valence-corrected chi connectivity index (χ1v) is 7.91. The molecule has 4 heteroatoms. The third kappa shape index (κ3) is 3.48. The Morgan fingerprint density at radius 2 is 2.11 bits per heavy atom. The van der Waals surface area contributed by atoms with Crippen molar-refractivity contribution < 1.29 is 4.79 Å². The summed E-state index contributed by atoms with van der Waals surface area (Å²) in [6.45, 7) is 10.5. The van der Waals surface area contributed by atoms with Crippen LogP contribution in [0.3, 0.4) is 0 Å². The molecule has 2 aliphatic rings. The van der Waals surface area contributed by atoms with E-state index in [1.807, 2.05) is 0 Å². The summed E-state index contributed by atoms with van der Waals surface area (Å²) in [7, 11) is 0. The molecule has 1 aliphatic carbocycles. The van der Waals surface area contributed by atoms with E-state index in [1.165, 1.54) is 19.3 Å². The zero-order valence-corrected chi connectivity index (χ0v) is 12.6. The van der Waals surface area contributed by atoms with Crippen LogP contribution in [0.1, 0.15) is 40.0 Å². The Kier molecular flexibility index (Phi) is 5.22. The summed E-state index contributed by atoms with van der Waals surface area (Å²) in [5, 5.41) is 6.61. The second-order valence-electron chi connectivity index (χ2n) is 6.14. The number of carbonyl (C=O) groups is 1. The van der Waals surface area contributed by atoms with Crippen LogP contribution in [0.25, 0.3) is 0 Å². The molecule has 4 nitrogen and oxygen atoms in total. The van der Waals surface area contributed by atoms with Crippen molar-refractivity contribution in [2.75, 3.05) is 26.2 Å². The number of nitrogens with zero attached hydrogens (tertiary/aromatic N) is 1. The predicted molar refractivity (Wildman–Crippen MR) is 78.0 cm³/mol. The van der Waals surface area contributed by atoms with Crippen LogP contribution in [-0.2, 0) is 4.79 Å². The molecule has 1 aliphatic heterocycles. The highest BCUT2D eigenvalue weighted by atomic mass is 16.2. The average molecular weight is 267 g/mol. The highest BCUT2D eigenvalue weighted by molar-refractivity contribution is 5.82. The van der Waals surface area contributed by atoms with Crippen LogP contribution in [0.2, 0.25) is 0 Å². The number of fused-ring (bicyclic) bond motifs is 1. The number of likely N-dealkylation sites (N-methyl/N-ethyl adjacent to an activating group) is 1. The standard InChI is InChI=1S/C15H29N3O/c1-4-18(5-2)10-11(3)17-15(19)14-13-8-6-7-12(13)9-16-14/h11-14,16H,4-10H2,1-3H3,(H,17,19). The van der Waals surface area contributed by atoms with Gasteiger partial charge in [0.15, 0.2) is 0 Å². The number of hydrogen-bond donors (Lipinski definition) is 2. The molecule has 1 heterocycles. The third-order valence-corrected chi connectivity index (χ3v) is 4.84. The fraction of sp³-hybridized carbons (Fsp3) is 0.933. The van der Waals surface area contributed by atoms with E-state index < -0.39 is 0 Å². The van der Waals surface area contributed by atoms with Crippen LogP contribution >= 0.6 is 0 Å². The normalized spacial score (nSPS) is 31.5. The molecule has 0 aromatic rings. The maximum absolute atomic E-state index is 12.4. The van der Waals surface area contributed by atoms with E-state index in [4.69, 9.17) is 0 Å². The molecule has 4 atom stereocenters. The molecule has 110 valence electrons. The van der Waals surface area contributed by atoms with Gasteiger partial charge in [-0.2, -0.15) is 0 Å². The summed E-state index contributed by atoms with van der Waals surface area (Å²) in [5.74, 6) is 1.54. The van der Waals surface area contributed by atoms with Crippen LogP contribution in [-0.4, -0.2) is 49.1 Å². The summed E-state index contributed by atoms with van der Waals surface area (Å²) < 4.78 is 0. The second kappa shape index (κ2) is 6.71. The number of hydrogen-bond acceptors (Lipinski definition) is 3. The molecule has 0 spiro atoms. The lowest BCUT2D eigenvalue weighted by atomic mass is 9.93. The number of nitrogens with one attached hydrogen (secondary N) is 2. The average Bonchev–Trinajstić information content (AvgIpc) is 2.97. The van der Waals surface area contributed by atoms with Gasteiger partial charge in [0.2, 0.25) is 5.91 Å². The summed E-state index contributed by atoms with van der Waals surface area (Å²) in [5.41, 5.74) is 0. The van der Waals surface area contributed by atoms with Crippen molar-refractivity contribution in [2.45, 2.75) is 52.1 Å². The quantitative estimate of drug-likeness (QED) is 0.760. The van der Waals surface area contributed by atoms with Gasteiger partial charge >= 0.3 is 0 Å². The van der Waals surface area contributed by atoms with Gasteiger partial charge in [0.05, 0.1) is 6.04 Å². The molecule has 2 fully saturated rings. The Bertz CT molecular complexity index is 304. The fourth-order valence-corrected chi connectivity index (χ4v) is 3.72. The van der Waals surface area contributed by atoms with Crippen molar-refractivity contribution in [1.82, 2.24) is 15.5 Å². The van der Waals surface area contributed by atoms with E-state index in [0.717, 1.165) is 32.1 Å². The summed E-state index contributed by atoms with van der Waals surface area (Å²) in [6, 6.07) is 0.293.